The third-order valence-electron chi connectivity index (χ3n) is 2.39. The molecule has 1 N–H and O–H groups in total. The van der Waals surface area contributed by atoms with Crippen molar-refractivity contribution in [3.8, 4) is 0 Å². The van der Waals surface area contributed by atoms with Crippen molar-refractivity contribution in [1.29, 1.82) is 0 Å². The lowest BCUT2D eigenvalue weighted by Gasteiger charge is -2.28. The quantitative estimate of drug-likeness (QED) is 0.401. The summed E-state index contributed by atoms with van der Waals surface area (Å²) >= 11 is 0. The predicted molar refractivity (Wildman–Crippen MR) is 54.4 cm³/mol. The second kappa shape index (κ2) is 6.67. The Balaban J connectivity index is 4.24. The minimum absolute atomic E-state index is 0.0390. The molecule has 110 valence electrons. The molecule has 9 heteroatoms. The maximum atomic E-state index is 12.9. The van der Waals surface area contributed by atoms with E-state index >= 15 is 0 Å². The highest BCUT2D eigenvalue weighted by molar-refractivity contribution is 7.86. The number of aliphatic hydroxyl groups is 1. The highest BCUT2D eigenvalue weighted by atomic mass is 32.2. The summed E-state index contributed by atoms with van der Waals surface area (Å²) in [6.07, 6.45) is 0.0425. The number of rotatable bonds is 9. The molecule has 0 saturated heterocycles. The van der Waals surface area contributed by atoms with Crippen molar-refractivity contribution in [1.82, 2.24) is 0 Å². The van der Waals surface area contributed by atoms with Crippen LogP contribution >= 0.6 is 0 Å². The van der Waals surface area contributed by atoms with Crippen LogP contribution in [0.25, 0.3) is 0 Å². The van der Waals surface area contributed by atoms with Crippen molar-refractivity contribution in [2.24, 2.45) is 0 Å². The van der Waals surface area contributed by atoms with E-state index in [4.69, 9.17) is 5.11 Å². The van der Waals surface area contributed by atoms with Crippen LogP contribution in [-0.4, -0.2) is 35.9 Å². The van der Waals surface area contributed by atoms with E-state index < -0.39 is 27.7 Å². The summed E-state index contributed by atoms with van der Waals surface area (Å²) in [6.45, 7) is -0.0390. The van der Waals surface area contributed by atoms with E-state index in [1.807, 2.05) is 0 Å². The van der Waals surface area contributed by atoms with Crippen LogP contribution in [0.15, 0.2) is 0 Å². The molecular formula is C9H15F4O4S-. The molecule has 0 fully saturated rings. The summed E-state index contributed by atoms with van der Waals surface area (Å²) in [5, 5.41) is 2.85. The van der Waals surface area contributed by atoms with Gasteiger partial charge >= 0.3 is 11.2 Å². The number of aliphatic hydroxyl groups excluding tert-OH is 1. The lowest BCUT2D eigenvalue weighted by Crippen LogP contribution is -2.46. The number of hydrogen-bond donors (Lipinski definition) is 1. The largest absolute Gasteiger partial charge is 0.743 e. The van der Waals surface area contributed by atoms with Gasteiger partial charge in [0.15, 0.2) is 10.1 Å². The number of hydrogen-bond acceptors (Lipinski definition) is 4. The van der Waals surface area contributed by atoms with E-state index in [2.05, 4.69) is 0 Å². The third kappa shape index (κ3) is 4.69. The Morgan fingerprint density at radius 3 is 1.83 bits per heavy atom. The Bertz CT molecular complexity index is 342. The lowest BCUT2D eigenvalue weighted by molar-refractivity contribution is -0.165. The van der Waals surface area contributed by atoms with Crippen LogP contribution in [-0.2, 0) is 10.1 Å². The van der Waals surface area contributed by atoms with Gasteiger partial charge in [-0.15, -0.1) is 0 Å². The molecule has 0 heterocycles. The lowest BCUT2D eigenvalue weighted by atomic mass is 10.1. The minimum Gasteiger partial charge on any atom is -0.743 e. The van der Waals surface area contributed by atoms with Crippen molar-refractivity contribution in [3.05, 3.63) is 0 Å². The smallest absolute Gasteiger partial charge is 0.396 e. The van der Waals surface area contributed by atoms with Gasteiger partial charge in [0.05, 0.1) is 0 Å². The molecule has 0 aliphatic carbocycles. The number of halogens is 4. The Labute approximate surface area is 103 Å². The van der Waals surface area contributed by atoms with E-state index in [-0.39, 0.29) is 19.4 Å². The first-order valence-electron chi connectivity index (χ1n) is 5.38. The predicted octanol–water partition coefficient (Wildman–Crippen LogP) is 2.09. The Hall–Kier alpha value is -0.410. The Morgan fingerprint density at radius 2 is 1.39 bits per heavy atom. The summed E-state index contributed by atoms with van der Waals surface area (Å²) in [4.78, 5) is 0. The van der Waals surface area contributed by atoms with Crippen molar-refractivity contribution >= 4 is 10.1 Å². The molecule has 0 unspecified atom stereocenters. The van der Waals surface area contributed by atoms with Gasteiger partial charge in [-0.2, -0.15) is 17.6 Å². The fourth-order valence-corrected chi connectivity index (χ4v) is 1.79. The molecule has 0 bridgehead atoms. The highest BCUT2D eigenvalue weighted by Crippen LogP contribution is 2.41. The molecule has 0 aromatic carbocycles. The van der Waals surface area contributed by atoms with Crippen molar-refractivity contribution in [2.45, 2.75) is 49.7 Å². The van der Waals surface area contributed by atoms with E-state index in [0.717, 1.165) is 0 Å². The van der Waals surface area contributed by atoms with Gasteiger partial charge in [0.2, 0.25) is 0 Å². The second-order valence-corrected chi connectivity index (χ2v) is 5.34. The number of unbranched alkanes of at least 4 members (excludes halogenated alkanes) is 4. The summed E-state index contributed by atoms with van der Waals surface area (Å²) in [5.74, 6) is -4.86. The molecule has 0 radical (unpaired) electrons. The highest BCUT2D eigenvalue weighted by Gasteiger charge is 2.60. The van der Waals surface area contributed by atoms with Gasteiger partial charge in [0.25, 0.3) is 0 Å². The summed E-state index contributed by atoms with van der Waals surface area (Å²) in [7, 11) is -6.38. The molecule has 0 spiro atoms. The van der Waals surface area contributed by atoms with E-state index in [0.29, 0.717) is 19.3 Å². The van der Waals surface area contributed by atoms with Crippen LogP contribution in [0.1, 0.15) is 38.5 Å². The van der Waals surface area contributed by atoms with Gasteiger partial charge in [0, 0.05) is 13.0 Å². The second-order valence-electron chi connectivity index (χ2n) is 3.92. The van der Waals surface area contributed by atoms with Gasteiger partial charge < -0.3 is 9.66 Å². The summed E-state index contributed by atoms with van der Waals surface area (Å²) in [6, 6.07) is 0. The SMILES string of the molecule is O=S(=O)([O-])C(F)(F)C(F)(F)CCCCCCCO. The third-order valence-corrected chi connectivity index (χ3v) is 3.32. The van der Waals surface area contributed by atoms with E-state index in [1.54, 1.807) is 0 Å². The van der Waals surface area contributed by atoms with Crippen LogP contribution in [0.4, 0.5) is 17.6 Å². The van der Waals surface area contributed by atoms with E-state index in [9.17, 15) is 30.5 Å². The van der Waals surface area contributed by atoms with Crippen molar-refractivity contribution in [3.63, 3.8) is 0 Å². The maximum Gasteiger partial charge on any atom is 0.396 e. The van der Waals surface area contributed by atoms with Crippen LogP contribution in [0, 0.1) is 0 Å². The van der Waals surface area contributed by atoms with Crippen molar-refractivity contribution in [2.75, 3.05) is 6.61 Å². The molecule has 0 aromatic heterocycles. The molecule has 0 amide bonds. The first-order chi connectivity index (χ1) is 8.06. The molecule has 18 heavy (non-hydrogen) atoms. The molecule has 4 nitrogen and oxygen atoms in total. The molecular weight excluding hydrogens is 280 g/mol. The van der Waals surface area contributed by atoms with Gasteiger partial charge in [-0.25, -0.2) is 8.42 Å². The molecule has 0 aliphatic heterocycles. The first-order valence-corrected chi connectivity index (χ1v) is 6.79. The molecule has 0 saturated carbocycles. The average Bonchev–Trinajstić information content (AvgIpc) is 2.21. The average molecular weight is 295 g/mol. The molecule has 0 rings (SSSR count). The fraction of sp³-hybridized carbons (Fsp3) is 1.00. The first kappa shape index (κ1) is 17.6. The monoisotopic (exact) mass is 295 g/mol. The van der Waals surface area contributed by atoms with Gasteiger partial charge in [0.1, 0.15) is 0 Å². The van der Waals surface area contributed by atoms with Gasteiger partial charge in [-0.3, -0.25) is 0 Å². The van der Waals surface area contributed by atoms with Crippen LogP contribution < -0.4 is 0 Å². The summed E-state index contributed by atoms with van der Waals surface area (Å²) < 4.78 is 81.3. The van der Waals surface area contributed by atoms with E-state index in [1.165, 1.54) is 0 Å². The fourth-order valence-electron chi connectivity index (χ4n) is 1.32. The molecule has 0 aliphatic rings. The Morgan fingerprint density at radius 1 is 0.944 bits per heavy atom. The standard InChI is InChI=1S/C9H16F4O4S/c10-8(11,9(12,13)18(15,16)17)6-4-2-1-3-5-7-14/h14H,1-7H2,(H,15,16,17)/p-1. The van der Waals surface area contributed by atoms with Crippen LogP contribution in [0.3, 0.4) is 0 Å². The van der Waals surface area contributed by atoms with Gasteiger partial charge in [-0.05, 0) is 12.8 Å². The molecule has 0 atom stereocenters. The normalized spacial score (nSPS) is 13.9. The number of alkyl halides is 4. The zero-order valence-electron chi connectivity index (χ0n) is 9.54. The zero-order chi connectivity index (χ0) is 14.4. The van der Waals surface area contributed by atoms with Crippen LogP contribution in [0.5, 0.6) is 0 Å². The summed E-state index contributed by atoms with van der Waals surface area (Å²) in [5.41, 5.74) is 0. The zero-order valence-corrected chi connectivity index (χ0v) is 10.4. The molecule has 0 aromatic rings. The van der Waals surface area contributed by atoms with Gasteiger partial charge in [-0.1, -0.05) is 19.3 Å². The van der Waals surface area contributed by atoms with Crippen molar-refractivity contribution < 1.29 is 35.6 Å². The van der Waals surface area contributed by atoms with Crippen LogP contribution in [0.2, 0.25) is 0 Å². The topological polar surface area (TPSA) is 77.4 Å². The minimum atomic E-state index is -6.38. The maximum absolute atomic E-state index is 12.9. The Kier molecular flexibility index (Phi) is 6.52.